The second-order valence-electron chi connectivity index (χ2n) is 3.94. The first-order chi connectivity index (χ1) is 7.88. The van der Waals surface area contributed by atoms with Crippen molar-refractivity contribution in [1.29, 1.82) is 0 Å². The molecule has 0 aromatic carbocycles. The highest BCUT2D eigenvalue weighted by Crippen LogP contribution is 2.22. The molecule has 1 saturated heterocycles. The monoisotopic (exact) mass is 251 g/mol. The average Bonchev–Trinajstić information content (AvgIpc) is 2.24. The van der Waals surface area contributed by atoms with Crippen molar-refractivity contribution in [2.75, 3.05) is 6.61 Å². The van der Waals surface area contributed by atoms with Gasteiger partial charge in [0.25, 0.3) is 0 Å². The van der Waals surface area contributed by atoms with Gasteiger partial charge in [-0.1, -0.05) is 0 Å². The first kappa shape index (κ1) is 14.3. The minimum atomic E-state index is -1.96. The van der Waals surface area contributed by atoms with Crippen molar-refractivity contribution >= 4 is 5.91 Å². The fourth-order valence-corrected chi connectivity index (χ4v) is 1.80. The van der Waals surface area contributed by atoms with Crippen LogP contribution < -0.4 is 5.32 Å². The molecule has 0 aromatic rings. The molecule has 0 spiro atoms. The van der Waals surface area contributed by atoms with Crippen LogP contribution in [0.5, 0.6) is 0 Å². The number of amides is 1. The van der Waals surface area contributed by atoms with Crippen LogP contribution in [0.4, 0.5) is 0 Å². The Morgan fingerprint density at radius 3 is 2.35 bits per heavy atom. The Morgan fingerprint density at radius 2 is 1.94 bits per heavy atom. The van der Waals surface area contributed by atoms with Crippen LogP contribution in [0, 0.1) is 0 Å². The summed E-state index contributed by atoms with van der Waals surface area (Å²) in [5.74, 6) is -0.516. The van der Waals surface area contributed by atoms with Gasteiger partial charge < -0.3 is 35.6 Å². The highest BCUT2D eigenvalue weighted by molar-refractivity contribution is 5.73. The van der Waals surface area contributed by atoms with Crippen molar-refractivity contribution < 1.29 is 35.1 Å². The molecule has 0 aromatic heterocycles. The maximum atomic E-state index is 10.9. The van der Waals surface area contributed by atoms with Gasteiger partial charge in [0, 0.05) is 6.92 Å². The molecule has 0 bridgehead atoms. The summed E-state index contributed by atoms with van der Waals surface area (Å²) < 4.78 is 5.02. The summed E-state index contributed by atoms with van der Waals surface area (Å²) in [6, 6.07) is -1.16. The van der Waals surface area contributed by atoms with E-state index in [-0.39, 0.29) is 0 Å². The van der Waals surface area contributed by atoms with E-state index in [9.17, 15) is 15.0 Å². The van der Waals surface area contributed by atoms with E-state index in [1.807, 2.05) is 0 Å². The summed E-state index contributed by atoms with van der Waals surface area (Å²) in [7, 11) is 0. The van der Waals surface area contributed by atoms with Gasteiger partial charge in [0.15, 0.2) is 6.29 Å². The van der Waals surface area contributed by atoms with Gasteiger partial charge in [0.2, 0.25) is 5.91 Å². The quantitative estimate of drug-likeness (QED) is 0.283. The maximum absolute atomic E-state index is 10.9. The molecule has 1 heterocycles. The highest BCUT2D eigenvalue weighted by Gasteiger charge is 2.46. The molecule has 1 fully saturated rings. The van der Waals surface area contributed by atoms with Crippen molar-refractivity contribution in [3.63, 3.8) is 0 Å². The van der Waals surface area contributed by atoms with Crippen LogP contribution in [0.2, 0.25) is 0 Å². The van der Waals surface area contributed by atoms with Crippen LogP contribution in [0.15, 0.2) is 0 Å². The van der Waals surface area contributed by atoms with Gasteiger partial charge in [0.1, 0.15) is 24.4 Å². The van der Waals surface area contributed by atoms with E-state index in [1.54, 1.807) is 0 Å². The molecule has 1 aliphatic rings. The molecule has 0 aliphatic carbocycles. The van der Waals surface area contributed by atoms with E-state index in [0.717, 1.165) is 0 Å². The number of aliphatic hydroxyl groups is 5. The second-order valence-corrected chi connectivity index (χ2v) is 3.94. The lowest BCUT2D eigenvalue weighted by Gasteiger charge is -2.43. The summed E-state index contributed by atoms with van der Waals surface area (Å²) in [5, 5.41) is 48.6. The molecule has 5 atom stereocenters. The summed E-state index contributed by atoms with van der Waals surface area (Å²) in [6.07, 6.45) is -7.30. The maximum Gasteiger partial charge on any atom is 0.217 e. The fraction of sp³-hybridized carbons (Fsp3) is 0.889. The minimum absolute atomic E-state index is 0.516. The predicted octanol–water partition coefficient (Wildman–Crippen LogP) is -3.72. The van der Waals surface area contributed by atoms with Gasteiger partial charge in [-0.25, -0.2) is 0 Å². The average molecular weight is 251 g/mol. The molecule has 5 unspecified atom stereocenters. The van der Waals surface area contributed by atoms with Gasteiger partial charge >= 0.3 is 0 Å². The normalized spacial score (nSPS) is 38.2. The van der Waals surface area contributed by atoms with Crippen molar-refractivity contribution in [3.8, 4) is 0 Å². The van der Waals surface area contributed by atoms with Crippen LogP contribution in [-0.4, -0.2) is 74.8 Å². The number of ether oxygens (including phenoxy) is 1. The van der Waals surface area contributed by atoms with Crippen LogP contribution >= 0.6 is 0 Å². The molecule has 8 heteroatoms. The van der Waals surface area contributed by atoms with Crippen LogP contribution in [0.3, 0.4) is 0 Å². The smallest absolute Gasteiger partial charge is 0.217 e. The number of carbonyl (C=O) groups is 1. The van der Waals surface area contributed by atoms with Gasteiger partial charge in [-0.3, -0.25) is 4.79 Å². The van der Waals surface area contributed by atoms with Crippen molar-refractivity contribution in [1.82, 2.24) is 5.32 Å². The van der Waals surface area contributed by atoms with Crippen LogP contribution in [0.1, 0.15) is 6.92 Å². The Kier molecular flexibility index (Phi) is 4.80. The molecule has 0 saturated carbocycles. The first-order valence-corrected chi connectivity index (χ1v) is 5.14. The Morgan fingerprint density at radius 1 is 1.35 bits per heavy atom. The van der Waals surface area contributed by atoms with E-state index in [2.05, 4.69) is 5.32 Å². The van der Waals surface area contributed by atoms with Gasteiger partial charge in [-0.05, 0) is 0 Å². The molecule has 8 nitrogen and oxygen atoms in total. The van der Waals surface area contributed by atoms with E-state index >= 15 is 0 Å². The SMILES string of the molecule is CC(=O)NC1C(O)C(O)C(CO)OC1C(O)O. The van der Waals surface area contributed by atoms with Gasteiger partial charge in [-0.2, -0.15) is 0 Å². The Bertz CT molecular complexity index is 272. The number of nitrogens with one attached hydrogen (secondary N) is 1. The van der Waals surface area contributed by atoms with Gasteiger partial charge in [0.05, 0.1) is 12.6 Å². The number of aliphatic hydroxyl groups excluding tert-OH is 4. The lowest BCUT2D eigenvalue weighted by Crippen LogP contribution is -2.66. The van der Waals surface area contributed by atoms with Crippen molar-refractivity contribution in [2.24, 2.45) is 0 Å². The summed E-state index contributed by atoms with van der Waals surface area (Å²) in [4.78, 5) is 10.9. The van der Waals surface area contributed by atoms with Crippen LogP contribution in [0.25, 0.3) is 0 Å². The zero-order chi connectivity index (χ0) is 13.2. The molecule has 17 heavy (non-hydrogen) atoms. The zero-order valence-corrected chi connectivity index (χ0v) is 9.22. The summed E-state index contributed by atoms with van der Waals surface area (Å²) >= 11 is 0. The number of hydrogen-bond acceptors (Lipinski definition) is 7. The molecular weight excluding hydrogens is 234 g/mol. The predicted molar refractivity (Wildman–Crippen MR) is 53.6 cm³/mol. The van der Waals surface area contributed by atoms with E-state index < -0.39 is 49.3 Å². The number of rotatable bonds is 3. The largest absolute Gasteiger partial charge is 0.394 e. The standard InChI is InChI=1S/C9H17NO7/c1-3(12)10-5-7(14)6(13)4(2-11)17-8(5)9(15)16/h4-9,11,13-16H,2H2,1H3,(H,10,12). The second kappa shape index (κ2) is 5.71. The van der Waals surface area contributed by atoms with Crippen LogP contribution in [-0.2, 0) is 9.53 Å². The van der Waals surface area contributed by atoms with Crippen molar-refractivity contribution in [3.05, 3.63) is 0 Å². The third-order valence-electron chi connectivity index (χ3n) is 2.63. The summed E-state index contributed by atoms with van der Waals surface area (Å²) in [5.41, 5.74) is 0. The molecule has 0 radical (unpaired) electrons. The number of carbonyl (C=O) groups excluding carboxylic acids is 1. The van der Waals surface area contributed by atoms with E-state index in [1.165, 1.54) is 6.92 Å². The molecule has 1 rings (SSSR count). The Balaban J connectivity index is 2.86. The fourth-order valence-electron chi connectivity index (χ4n) is 1.80. The lowest BCUT2D eigenvalue weighted by atomic mass is 9.92. The third-order valence-corrected chi connectivity index (χ3v) is 2.63. The highest BCUT2D eigenvalue weighted by atomic mass is 16.6. The van der Waals surface area contributed by atoms with Gasteiger partial charge in [-0.15, -0.1) is 0 Å². The van der Waals surface area contributed by atoms with Crippen molar-refractivity contribution in [2.45, 2.75) is 43.7 Å². The zero-order valence-electron chi connectivity index (χ0n) is 9.22. The molecule has 6 N–H and O–H groups in total. The molecule has 1 aliphatic heterocycles. The number of hydrogen-bond donors (Lipinski definition) is 6. The topological polar surface area (TPSA) is 139 Å². The Labute approximate surface area is 97.4 Å². The summed E-state index contributed by atoms with van der Waals surface area (Å²) in [6.45, 7) is 0.590. The first-order valence-electron chi connectivity index (χ1n) is 5.14. The Hall–Kier alpha value is -0.770. The van der Waals surface area contributed by atoms with E-state index in [0.29, 0.717) is 0 Å². The molecular formula is C9H17NO7. The third kappa shape index (κ3) is 3.12. The molecule has 1 amide bonds. The van der Waals surface area contributed by atoms with E-state index in [4.69, 9.17) is 20.1 Å². The lowest BCUT2D eigenvalue weighted by molar-refractivity contribution is -0.248. The minimum Gasteiger partial charge on any atom is -0.394 e. The molecule has 100 valence electrons.